The molecule has 1 N–H and O–H groups in total. The molecule has 29 heavy (non-hydrogen) atoms. The smallest absolute Gasteiger partial charge is 0.303 e. The number of ether oxygens (including phenoxy) is 1. The van der Waals surface area contributed by atoms with Gasteiger partial charge in [0.15, 0.2) is 17.4 Å². The van der Waals surface area contributed by atoms with Crippen LogP contribution in [-0.2, 0) is 11.2 Å². The highest BCUT2D eigenvalue weighted by molar-refractivity contribution is 7.13. The molecule has 0 saturated heterocycles. The third-order valence-corrected chi connectivity index (χ3v) is 5.81. The first kappa shape index (κ1) is 21.4. The lowest BCUT2D eigenvalue weighted by Gasteiger charge is -2.27. The number of thiophene rings is 1. The SMILES string of the molecule is Cc1ccc(C2=C(COc3c(F)cc(CCC(=O)O)cc3F)CC(F)(F)CC2)s1. The van der Waals surface area contributed by atoms with E-state index >= 15 is 0 Å². The van der Waals surface area contributed by atoms with Gasteiger partial charge in [0, 0.05) is 29.0 Å². The van der Waals surface area contributed by atoms with Crippen molar-refractivity contribution in [1.82, 2.24) is 0 Å². The third kappa shape index (κ3) is 5.38. The second-order valence-corrected chi connectivity index (χ2v) is 8.38. The number of carboxylic acid groups (broad SMARTS) is 1. The average molecular weight is 428 g/mol. The number of benzene rings is 1. The van der Waals surface area contributed by atoms with Crippen molar-refractivity contribution in [2.24, 2.45) is 0 Å². The molecular weight excluding hydrogens is 408 g/mol. The van der Waals surface area contributed by atoms with Gasteiger partial charge in [-0.05, 0) is 60.7 Å². The fraction of sp³-hybridized carbons (Fsp3) is 0.381. The van der Waals surface area contributed by atoms with Crippen LogP contribution in [0.3, 0.4) is 0 Å². The lowest BCUT2D eigenvalue weighted by atomic mass is 9.88. The van der Waals surface area contributed by atoms with Crippen LogP contribution < -0.4 is 4.74 Å². The lowest BCUT2D eigenvalue weighted by Crippen LogP contribution is -2.24. The quantitative estimate of drug-likeness (QED) is 0.550. The molecule has 1 aliphatic carbocycles. The Bertz CT molecular complexity index is 926. The topological polar surface area (TPSA) is 46.5 Å². The largest absolute Gasteiger partial charge is 0.483 e. The number of allylic oxidation sites excluding steroid dienone is 1. The minimum Gasteiger partial charge on any atom is -0.483 e. The maximum absolute atomic E-state index is 14.3. The predicted octanol–water partition coefficient (Wildman–Crippen LogP) is 6.00. The van der Waals surface area contributed by atoms with Crippen LogP contribution in [0.15, 0.2) is 29.8 Å². The molecule has 0 saturated carbocycles. The summed E-state index contributed by atoms with van der Waals surface area (Å²) in [6, 6.07) is 5.77. The van der Waals surface area contributed by atoms with Gasteiger partial charge in [0.05, 0.1) is 0 Å². The Morgan fingerprint density at radius 2 is 1.93 bits per heavy atom. The minimum absolute atomic E-state index is 0.0251. The Kier molecular flexibility index (Phi) is 6.31. The first-order valence-corrected chi connectivity index (χ1v) is 9.94. The summed E-state index contributed by atoms with van der Waals surface area (Å²) in [5.74, 6) is -6.57. The van der Waals surface area contributed by atoms with E-state index in [1.165, 1.54) is 11.3 Å². The highest BCUT2D eigenvalue weighted by atomic mass is 32.1. The van der Waals surface area contributed by atoms with Crippen LogP contribution in [-0.4, -0.2) is 23.6 Å². The van der Waals surface area contributed by atoms with Crippen molar-refractivity contribution >= 4 is 22.9 Å². The monoisotopic (exact) mass is 428 g/mol. The molecule has 1 heterocycles. The van der Waals surface area contributed by atoms with Crippen molar-refractivity contribution in [3.63, 3.8) is 0 Å². The Morgan fingerprint density at radius 1 is 1.24 bits per heavy atom. The maximum atomic E-state index is 14.3. The first-order valence-electron chi connectivity index (χ1n) is 9.12. The van der Waals surface area contributed by atoms with Gasteiger partial charge in [0.1, 0.15) is 6.61 Å². The molecule has 0 amide bonds. The summed E-state index contributed by atoms with van der Waals surface area (Å²) < 4.78 is 61.8. The number of hydrogen-bond donors (Lipinski definition) is 1. The molecule has 0 atom stereocenters. The van der Waals surface area contributed by atoms with E-state index in [9.17, 15) is 22.4 Å². The van der Waals surface area contributed by atoms with Gasteiger partial charge in [0.25, 0.3) is 5.92 Å². The standard InChI is InChI=1S/C21H20F4O3S/c1-12-2-4-18(29-12)15-6-7-21(24,25)10-14(15)11-28-20-16(22)8-13(9-17(20)23)3-5-19(26)27/h2,4,8-9H,3,5-7,10-11H2,1H3,(H,26,27). The van der Waals surface area contributed by atoms with Crippen LogP contribution in [0, 0.1) is 18.6 Å². The molecule has 1 aliphatic rings. The van der Waals surface area contributed by atoms with Crippen molar-refractivity contribution in [1.29, 1.82) is 0 Å². The number of carboxylic acids is 1. The number of rotatable bonds is 7. The second kappa shape index (κ2) is 8.57. The molecule has 0 bridgehead atoms. The lowest BCUT2D eigenvalue weighted by molar-refractivity contribution is -0.136. The van der Waals surface area contributed by atoms with Crippen molar-refractivity contribution in [2.45, 2.75) is 45.0 Å². The van der Waals surface area contributed by atoms with Gasteiger partial charge in [0.2, 0.25) is 0 Å². The zero-order valence-electron chi connectivity index (χ0n) is 15.7. The number of alkyl halides is 2. The maximum Gasteiger partial charge on any atom is 0.303 e. The molecule has 2 aromatic rings. The van der Waals surface area contributed by atoms with E-state index in [-0.39, 0.29) is 37.9 Å². The van der Waals surface area contributed by atoms with Gasteiger partial charge < -0.3 is 9.84 Å². The zero-order chi connectivity index (χ0) is 21.2. The summed E-state index contributed by atoms with van der Waals surface area (Å²) in [5, 5.41) is 8.68. The number of hydrogen-bond acceptors (Lipinski definition) is 3. The molecule has 8 heteroatoms. The summed E-state index contributed by atoms with van der Waals surface area (Å²) in [7, 11) is 0. The average Bonchev–Trinajstić information content (AvgIpc) is 3.04. The van der Waals surface area contributed by atoms with Crippen LogP contribution in [0.5, 0.6) is 5.75 Å². The highest BCUT2D eigenvalue weighted by Gasteiger charge is 2.36. The normalized spacial score (nSPS) is 16.2. The minimum atomic E-state index is -2.88. The summed E-state index contributed by atoms with van der Waals surface area (Å²) in [5.41, 5.74) is 1.26. The molecule has 3 rings (SSSR count). The molecule has 1 aromatic carbocycles. The van der Waals surface area contributed by atoms with Gasteiger partial charge in [-0.2, -0.15) is 0 Å². The van der Waals surface area contributed by atoms with E-state index in [1.54, 1.807) is 0 Å². The number of aryl methyl sites for hydroxylation is 2. The van der Waals surface area contributed by atoms with E-state index in [2.05, 4.69) is 0 Å². The Hall–Kier alpha value is -2.35. The molecule has 156 valence electrons. The van der Waals surface area contributed by atoms with Gasteiger partial charge in [-0.3, -0.25) is 4.79 Å². The molecule has 0 aliphatic heterocycles. The van der Waals surface area contributed by atoms with Crippen molar-refractivity contribution < 1.29 is 32.2 Å². The van der Waals surface area contributed by atoms with Gasteiger partial charge in [-0.25, -0.2) is 17.6 Å². The number of aliphatic carboxylic acids is 1. The van der Waals surface area contributed by atoms with Crippen molar-refractivity contribution in [3.05, 3.63) is 56.8 Å². The fourth-order valence-corrected chi connectivity index (χ4v) is 4.32. The first-order chi connectivity index (χ1) is 13.6. The number of carbonyl (C=O) groups is 1. The van der Waals surface area contributed by atoms with Crippen LogP contribution in [0.2, 0.25) is 0 Å². The van der Waals surface area contributed by atoms with Crippen LogP contribution in [0.4, 0.5) is 17.6 Å². The molecule has 0 unspecified atom stereocenters. The fourth-order valence-electron chi connectivity index (χ4n) is 3.33. The van der Waals surface area contributed by atoms with Crippen molar-refractivity contribution in [3.8, 4) is 5.75 Å². The van der Waals surface area contributed by atoms with E-state index < -0.39 is 35.7 Å². The van der Waals surface area contributed by atoms with E-state index in [1.807, 2.05) is 19.1 Å². The van der Waals surface area contributed by atoms with Gasteiger partial charge >= 0.3 is 5.97 Å². The van der Waals surface area contributed by atoms with Gasteiger partial charge in [-0.15, -0.1) is 11.3 Å². The summed E-state index contributed by atoms with van der Waals surface area (Å²) in [6.07, 6.45) is -0.902. The molecule has 3 nitrogen and oxygen atoms in total. The molecule has 0 fully saturated rings. The molecule has 0 radical (unpaired) electrons. The number of halogens is 4. The summed E-state index contributed by atoms with van der Waals surface area (Å²) >= 11 is 1.48. The van der Waals surface area contributed by atoms with E-state index in [4.69, 9.17) is 9.84 Å². The van der Waals surface area contributed by atoms with E-state index in [0.717, 1.165) is 27.5 Å². The second-order valence-electron chi connectivity index (χ2n) is 7.10. The van der Waals surface area contributed by atoms with Gasteiger partial charge in [-0.1, -0.05) is 0 Å². The highest BCUT2D eigenvalue weighted by Crippen LogP contribution is 2.42. The predicted molar refractivity (Wildman–Crippen MR) is 103 cm³/mol. The summed E-state index contributed by atoms with van der Waals surface area (Å²) in [6.45, 7) is 1.57. The molecule has 1 aromatic heterocycles. The molecule has 0 spiro atoms. The summed E-state index contributed by atoms with van der Waals surface area (Å²) in [4.78, 5) is 12.5. The zero-order valence-corrected chi connectivity index (χ0v) is 16.6. The Morgan fingerprint density at radius 3 is 2.52 bits per heavy atom. The Labute approximate surface area is 169 Å². The van der Waals surface area contributed by atoms with E-state index in [0.29, 0.717) is 5.57 Å². The van der Waals surface area contributed by atoms with Crippen LogP contribution in [0.1, 0.15) is 41.0 Å². The molecular formula is C21H20F4O3S. The van der Waals surface area contributed by atoms with Crippen LogP contribution >= 0.6 is 11.3 Å². The van der Waals surface area contributed by atoms with Crippen molar-refractivity contribution in [2.75, 3.05) is 6.61 Å². The van der Waals surface area contributed by atoms with Crippen LogP contribution in [0.25, 0.3) is 5.57 Å². The Balaban J connectivity index is 1.82. The third-order valence-electron chi connectivity index (χ3n) is 4.75.